The maximum Gasteiger partial charge on any atom is -0.0683 e. The molecule has 0 aromatic rings. The van der Waals surface area contributed by atoms with Crippen molar-refractivity contribution in [1.82, 2.24) is 0 Å². The van der Waals surface area contributed by atoms with Crippen molar-refractivity contribution >= 4 is 0 Å². The minimum atomic E-state index is 0. The zero-order valence-electron chi connectivity index (χ0n) is 18.0. The average molecular weight is 351 g/mol. The predicted molar refractivity (Wildman–Crippen MR) is 136 cm³/mol. The van der Waals surface area contributed by atoms with Gasteiger partial charge >= 0.3 is 0 Å². The highest BCUT2D eigenvalue weighted by Crippen LogP contribution is 1.16. The summed E-state index contributed by atoms with van der Waals surface area (Å²) in [6, 6.07) is 0. The van der Waals surface area contributed by atoms with Crippen LogP contribution in [0.15, 0.2) is 0 Å². The third kappa shape index (κ3) is 0. The number of hydrogen-bond acceptors (Lipinski definition) is 0. The van der Waals surface area contributed by atoms with E-state index in [1.54, 1.807) is 0 Å². The molecule has 0 aliphatic carbocycles. The van der Waals surface area contributed by atoms with Gasteiger partial charge in [0.05, 0.1) is 0 Å². The quantitative estimate of drug-likeness (QED) is 0.407. The van der Waals surface area contributed by atoms with E-state index in [0.29, 0.717) is 0 Å². The van der Waals surface area contributed by atoms with Crippen LogP contribution in [0.4, 0.5) is 0 Å². The second kappa shape index (κ2) is 0. The molecule has 0 amide bonds. The Hall–Kier alpha value is 0. The van der Waals surface area contributed by atoms with Crippen LogP contribution in [-0.4, -0.2) is 0 Å². The first kappa shape index (κ1) is 137. The highest BCUT2D eigenvalue weighted by atomic mass is 13.0. The molecule has 0 aromatic heterocycles. The largest absolute Gasteiger partial charge is 0.0776 e. The van der Waals surface area contributed by atoms with Gasteiger partial charge in [-0.3, -0.25) is 0 Å². The Morgan fingerprint density at radius 1 is 0.130 bits per heavy atom. The third-order valence-electron chi connectivity index (χ3n) is 0. The minimum Gasteiger partial charge on any atom is -0.0776 e. The second-order valence-corrected chi connectivity index (χ2v) is 0. The molecular formula is C23H74. The van der Waals surface area contributed by atoms with Crippen LogP contribution < -0.4 is 0 Å². The summed E-state index contributed by atoms with van der Waals surface area (Å²) in [5.41, 5.74) is 0. The molecule has 166 valence electrons. The molecule has 0 bridgehead atoms. The molecule has 0 radical (unpaired) electrons. The highest BCUT2D eigenvalue weighted by Gasteiger charge is 0.948. The maximum atomic E-state index is 2.00. The van der Waals surface area contributed by atoms with Gasteiger partial charge in [-0.1, -0.05) is 162 Å². The van der Waals surface area contributed by atoms with Crippen molar-refractivity contribution in [3.8, 4) is 0 Å². The molecule has 0 atom stereocenters. The average Bonchev–Trinajstić information content (AvgIpc) is 2.63. The standard InChI is InChI=1S/9C2H6.5CH4/c9*1-2;;;;;/h9*1-2H3;5*1H4. The van der Waals surface area contributed by atoms with Crippen molar-refractivity contribution in [2.45, 2.75) is 162 Å². The van der Waals surface area contributed by atoms with Gasteiger partial charge in [0.1, 0.15) is 0 Å². The van der Waals surface area contributed by atoms with E-state index in [2.05, 4.69) is 0 Å². The Morgan fingerprint density at radius 3 is 0.130 bits per heavy atom. The molecule has 0 rings (SSSR count). The maximum absolute atomic E-state index is 2.00. The molecule has 0 N–H and O–H groups in total. The normalized spacial score (nSPS) is 2.35. The highest BCUT2D eigenvalue weighted by molar-refractivity contribution is 3.52. The van der Waals surface area contributed by atoms with Crippen LogP contribution in [0.1, 0.15) is 162 Å². The van der Waals surface area contributed by atoms with Crippen molar-refractivity contribution in [1.29, 1.82) is 0 Å². The topological polar surface area (TPSA) is 0 Å². The lowest BCUT2D eigenvalue weighted by Gasteiger charge is -1.07. The van der Waals surface area contributed by atoms with Crippen LogP contribution in [0, 0.1) is 0 Å². The zero-order chi connectivity index (χ0) is 18.0. The van der Waals surface area contributed by atoms with Crippen LogP contribution >= 0.6 is 0 Å². The van der Waals surface area contributed by atoms with Gasteiger partial charge in [-0.25, -0.2) is 0 Å². The van der Waals surface area contributed by atoms with Crippen molar-refractivity contribution in [3.63, 3.8) is 0 Å². The molecule has 0 fully saturated rings. The fraction of sp³-hybridized carbons (Fsp3) is 1.00. The fourth-order valence-corrected chi connectivity index (χ4v) is 0. The van der Waals surface area contributed by atoms with Gasteiger partial charge in [-0.15, -0.1) is 0 Å². The summed E-state index contributed by atoms with van der Waals surface area (Å²) in [7, 11) is 0. The molecule has 0 saturated carbocycles. The van der Waals surface area contributed by atoms with Gasteiger partial charge in [0.2, 0.25) is 0 Å². The Bertz CT molecular complexity index is 0. The van der Waals surface area contributed by atoms with E-state index < -0.39 is 0 Å². The van der Waals surface area contributed by atoms with E-state index >= 15 is 0 Å². The fourth-order valence-electron chi connectivity index (χ4n) is 0. The summed E-state index contributed by atoms with van der Waals surface area (Å²) < 4.78 is 0. The smallest absolute Gasteiger partial charge is 0.0683 e. The van der Waals surface area contributed by atoms with Crippen molar-refractivity contribution < 1.29 is 0 Å². The van der Waals surface area contributed by atoms with E-state index in [-0.39, 0.29) is 37.1 Å². The Labute approximate surface area is 162 Å². The van der Waals surface area contributed by atoms with Crippen LogP contribution in [-0.2, 0) is 0 Å². The van der Waals surface area contributed by atoms with E-state index in [0.717, 1.165) is 0 Å². The van der Waals surface area contributed by atoms with Gasteiger partial charge in [0.25, 0.3) is 0 Å². The lowest BCUT2D eigenvalue weighted by atomic mass is 11.0. The molecular weight excluding hydrogens is 276 g/mol. The second-order valence-electron chi connectivity index (χ2n) is 0. The van der Waals surface area contributed by atoms with Crippen LogP contribution in [0.2, 0.25) is 0 Å². The summed E-state index contributed by atoms with van der Waals surface area (Å²) in [5.74, 6) is 0. The van der Waals surface area contributed by atoms with Crippen molar-refractivity contribution in [2.75, 3.05) is 0 Å². The molecule has 0 saturated heterocycles. The SMILES string of the molecule is C.C.C.C.C.CC.CC.CC.CC.CC.CC.CC.CC.CC. The van der Waals surface area contributed by atoms with Crippen LogP contribution in [0.3, 0.4) is 0 Å². The van der Waals surface area contributed by atoms with Crippen LogP contribution in [0.25, 0.3) is 0 Å². The summed E-state index contributed by atoms with van der Waals surface area (Å²) in [5, 5.41) is 0. The molecule has 0 aliphatic rings. The Balaban J connectivity index is -0.00000000321. The van der Waals surface area contributed by atoms with Crippen LogP contribution in [0.5, 0.6) is 0 Å². The molecule has 0 spiro atoms. The molecule has 0 heterocycles. The lowest BCUT2D eigenvalue weighted by molar-refractivity contribution is 1.50. The summed E-state index contributed by atoms with van der Waals surface area (Å²) in [4.78, 5) is 0. The summed E-state index contributed by atoms with van der Waals surface area (Å²) in [6.07, 6.45) is 0. The van der Waals surface area contributed by atoms with Gasteiger partial charge in [0, 0.05) is 0 Å². The van der Waals surface area contributed by atoms with Crippen molar-refractivity contribution in [2.24, 2.45) is 0 Å². The first-order chi connectivity index (χ1) is 9.00. The summed E-state index contributed by atoms with van der Waals surface area (Å²) in [6.45, 7) is 36.0. The van der Waals surface area contributed by atoms with E-state index in [4.69, 9.17) is 0 Å². The lowest BCUT2D eigenvalue weighted by Crippen LogP contribution is -0.856. The molecule has 0 heteroatoms. The monoisotopic (exact) mass is 351 g/mol. The summed E-state index contributed by atoms with van der Waals surface area (Å²) >= 11 is 0. The molecule has 0 aromatic carbocycles. The van der Waals surface area contributed by atoms with E-state index in [1.807, 2.05) is 125 Å². The number of hydrogen-bond donors (Lipinski definition) is 0. The third-order valence-corrected chi connectivity index (χ3v) is 0. The first-order valence-corrected chi connectivity index (χ1v) is 9.00. The minimum absolute atomic E-state index is 0. The van der Waals surface area contributed by atoms with E-state index in [9.17, 15) is 0 Å². The predicted octanol–water partition coefficient (Wildman–Crippen LogP) is 12.4. The van der Waals surface area contributed by atoms with E-state index in [1.165, 1.54) is 0 Å². The molecule has 23 heavy (non-hydrogen) atoms. The van der Waals surface area contributed by atoms with Gasteiger partial charge in [-0.2, -0.15) is 0 Å². The van der Waals surface area contributed by atoms with Gasteiger partial charge < -0.3 is 0 Å². The first-order valence-electron chi connectivity index (χ1n) is 9.00. The van der Waals surface area contributed by atoms with Gasteiger partial charge in [-0.05, 0) is 0 Å². The molecule has 0 nitrogen and oxygen atoms in total. The number of rotatable bonds is 0. The van der Waals surface area contributed by atoms with Gasteiger partial charge in [0.15, 0.2) is 0 Å². The Kier molecular flexibility index (Phi) is 0. The van der Waals surface area contributed by atoms with Crippen molar-refractivity contribution in [3.05, 3.63) is 0 Å². The Morgan fingerprint density at radius 2 is 0.130 bits per heavy atom. The molecule has 0 aliphatic heterocycles. The zero-order valence-corrected chi connectivity index (χ0v) is 18.0. The molecule has 0 unspecified atom stereocenters.